The van der Waals surface area contributed by atoms with E-state index in [0.717, 1.165) is 21.3 Å². The van der Waals surface area contributed by atoms with Crippen LogP contribution in [0.15, 0.2) is 18.7 Å². The Labute approximate surface area is 75.7 Å². The minimum Gasteiger partial charge on any atom is -0.316 e. The second-order valence-corrected chi connectivity index (χ2v) is 3.95. The zero-order chi connectivity index (χ0) is 8.27. The molecular formula is C8H10ClNS. The molecule has 0 fully saturated rings. The highest BCUT2D eigenvalue weighted by molar-refractivity contribution is 7.17. The highest BCUT2D eigenvalue weighted by Gasteiger charge is 2.00. The molecule has 1 N–H and O–H groups in total. The van der Waals surface area contributed by atoms with Gasteiger partial charge in [0.05, 0.1) is 4.34 Å². The summed E-state index contributed by atoms with van der Waals surface area (Å²) in [6.07, 6.45) is 0. The van der Waals surface area contributed by atoms with E-state index in [1.807, 2.05) is 19.2 Å². The van der Waals surface area contributed by atoms with Gasteiger partial charge in [-0.2, -0.15) is 0 Å². The molecule has 0 amide bonds. The van der Waals surface area contributed by atoms with E-state index in [0.29, 0.717) is 0 Å². The predicted octanol–water partition coefficient (Wildman–Crippen LogP) is 2.63. The first kappa shape index (κ1) is 8.78. The van der Waals surface area contributed by atoms with Crippen molar-refractivity contribution in [2.75, 3.05) is 13.6 Å². The van der Waals surface area contributed by atoms with E-state index < -0.39 is 0 Å². The van der Waals surface area contributed by atoms with Gasteiger partial charge in [-0.3, -0.25) is 0 Å². The van der Waals surface area contributed by atoms with Crippen molar-refractivity contribution < 1.29 is 0 Å². The molecule has 1 aromatic rings. The monoisotopic (exact) mass is 187 g/mol. The normalized spacial score (nSPS) is 10.0. The van der Waals surface area contributed by atoms with Crippen LogP contribution >= 0.6 is 22.9 Å². The van der Waals surface area contributed by atoms with E-state index in [1.54, 1.807) is 11.3 Å². The van der Waals surface area contributed by atoms with Crippen molar-refractivity contribution in [2.24, 2.45) is 0 Å². The van der Waals surface area contributed by atoms with Crippen molar-refractivity contribution in [3.05, 3.63) is 27.9 Å². The molecule has 0 saturated carbocycles. The molecule has 1 rings (SSSR count). The molecule has 1 nitrogen and oxygen atoms in total. The predicted molar refractivity (Wildman–Crippen MR) is 52.3 cm³/mol. The fraction of sp³-hybridized carbons (Fsp3) is 0.250. The van der Waals surface area contributed by atoms with Gasteiger partial charge in [0.25, 0.3) is 0 Å². The van der Waals surface area contributed by atoms with Gasteiger partial charge in [-0.15, -0.1) is 11.3 Å². The summed E-state index contributed by atoms with van der Waals surface area (Å²) in [5.74, 6) is 0. The summed E-state index contributed by atoms with van der Waals surface area (Å²) in [7, 11) is 1.90. The van der Waals surface area contributed by atoms with Crippen molar-refractivity contribution in [1.82, 2.24) is 5.32 Å². The molecule has 0 aliphatic carbocycles. The summed E-state index contributed by atoms with van der Waals surface area (Å²) in [4.78, 5) is 1.16. The third-order valence-electron chi connectivity index (χ3n) is 1.31. The molecule has 3 heteroatoms. The maximum Gasteiger partial charge on any atom is 0.0934 e. The highest BCUT2D eigenvalue weighted by atomic mass is 35.5. The lowest BCUT2D eigenvalue weighted by molar-refractivity contribution is 0.934. The third kappa shape index (κ3) is 2.33. The Kier molecular flexibility index (Phi) is 3.12. The number of hydrogen-bond donors (Lipinski definition) is 1. The van der Waals surface area contributed by atoms with Gasteiger partial charge in [0, 0.05) is 11.4 Å². The van der Waals surface area contributed by atoms with Crippen molar-refractivity contribution >= 4 is 28.5 Å². The van der Waals surface area contributed by atoms with Gasteiger partial charge in [-0.25, -0.2) is 0 Å². The number of nitrogens with one attached hydrogen (secondary N) is 1. The molecule has 0 bridgehead atoms. The Balaban J connectivity index is 2.69. The zero-order valence-corrected chi connectivity index (χ0v) is 7.93. The summed E-state index contributed by atoms with van der Waals surface area (Å²) in [5, 5.41) is 3.04. The van der Waals surface area contributed by atoms with Crippen molar-refractivity contribution in [3.8, 4) is 0 Å². The van der Waals surface area contributed by atoms with E-state index in [1.165, 1.54) is 0 Å². The smallest absolute Gasteiger partial charge is 0.0934 e. The van der Waals surface area contributed by atoms with Crippen LogP contribution in [0, 0.1) is 0 Å². The van der Waals surface area contributed by atoms with Gasteiger partial charge < -0.3 is 5.32 Å². The van der Waals surface area contributed by atoms with Crippen LogP contribution in [-0.4, -0.2) is 13.6 Å². The number of rotatable bonds is 3. The Morgan fingerprint density at radius 3 is 2.91 bits per heavy atom. The summed E-state index contributed by atoms with van der Waals surface area (Å²) >= 11 is 7.32. The highest BCUT2D eigenvalue weighted by Crippen LogP contribution is 2.26. The van der Waals surface area contributed by atoms with Crippen LogP contribution in [0.4, 0.5) is 0 Å². The first-order valence-electron chi connectivity index (χ1n) is 3.32. The molecule has 11 heavy (non-hydrogen) atoms. The van der Waals surface area contributed by atoms with E-state index in [9.17, 15) is 0 Å². The van der Waals surface area contributed by atoms with Gasteiger partial charge in [0.1, 0.15) is 0 Å². The average Bonchev–Trinajstić information content (AvgIpc) is 2.36. The van der Waals surface area contributed by atoms with Crippen LogP contribution in [0.25, 0.3) is 5.57 Å². The van der Waals surface area contributed by atoms with Gasteiger partial charge in [0.15, 0.2) is 0 Å². The Bertz CT molecular complexity index is 254. The second kappa shape index (κ2) is 3.90. The van der Waals surface area contributed by atoms with Crippen molar-refractivity contribution in [3.63, 3.8) is 0 Å². The molecule has 0 unspecified atom stereocenters. The van der Waals surface area contributed by atoms with Gasteiger partial charge in [-0.05, 0) is 24.8 Å². The van der Waals surface area contributed by atoms with Crippen LogP contribution in [0.5, 0.6) is 0 Å². The molecular weight excluding hydrogens is 178 g/mol. The van der Waals surface area contributed by atoms with Crippen LogP contribution in [0.1, 0.15) is 4.88 Å². The lowest BCUT2D eigenvalue weighted by Crippen LogP contribution is -2.07. The second-order valence-electron chi connectivity index (χ2n) is 2.24. The summed E-state index contributed by atoms with van der Waals surface area (Å²) in [6.45, 7) is 4.73. The summed E-state index contributed by atoms with van der Waals surface area (Å²) < 4.78 is 0.817. The summed E-state index contributed by atoms with van der Waals surface area (Å²) in [5.41, 5.74) is 1.09. The molecule has 0 atom stereocenters. The van der Waals surface area contributed by atoms with Gasteiger partial charge in [-0.1, -0.05) is 18.2 Å². The molecule has 0 aliphatic rings. The topological polar surface area (TPSA) is 12.0 Å². The quantitative estimate of drug-likeness (QED) is 0.767. The third-order valence-corrected chi connectivity index (χ3v) is 2.65. The van der Waals surface area contributed by atoms with E-state index in [4.69, 9.17) is 11.6 Å². The SMILES string of the molecule is C=C(CNC)c1ccc(Cl)s1. The van der Waals surface area contributed by atoms with E-state index in [-0.39, 0.29) is 0 Å². The lowest BCUT2D eigenvalue weighted by Gasteiger charge is -1.99. The molecule has 0 radical (unpaired) electrons. The first-order chi connectivity index (χ1) is 5.24. The van der Waals surface area contributed by atoms with Crippen LogP contribution in [0.2, 0.25) is 4.34 Å². The maximum atomic E-state index is 5.76. The van der Waals surface area contributed by atoms with Crippen molar-refractivity contribution in [2.45, 2.75) is 0 Å². The van der Waals surface area contributed by atoms with Gasteiger partial charge in [0.2, 0.25) is 0 Å². The van der Waals surface area contributed by atoms with E-state index >= 15 is 0 Å². The number of hydrogen-bond acceptors (Lipinski definition) is 2. The van der Waals surface area contributed by atoms with Crippen LogP contribution in [0.3, 0.4) is 0 Å². The van der Waals surface area contributed by atoms with E-state index in [2.05, 4.69) is 11.9 Å². The molecule has 0 spiro atoms. The molecule has 1 aromatic heterocycles. The molecule has 0 aromatic carbocycles. The average molecular weight is 188 g/mol. The summed E-state index contributed by atoms with van der Waals surface area (Å²) in [6, 6.07) is 3.88. The minimum absolute atomic E-state index is 0.816. The van der Waals surface area contributed by atoms with Crippen LogP contribution in [-0.2, 0) is 0 Å². The van der Waals surface area contributed by atoms with Crippen molar-refractivity contribution in [1.29, 1.82) is 0 Å². The Morgan fingerprint density at radius 1 is 1.73 bits per heavy atom. The molecule has 1 heterocycles. The fourth-order valence-corrected chi connectivity index (χ4v) is 1.82. The Morgan fingerprint density at radius 2 is 2.45 bits per heavy atom. The first-order valence-corrected chi connectivity index (χ1v) is 4.51. The number of thiophene rings is 1. The standard InChI is InChI=1S/C8H10ClNS/c1-6(5-10-2)7-3-4-8(9)11-7/h3-4,10H,1,5H2,2H3. The van der Waals surface area contributed by atoms with Gasteiger partial charge >= 0.3 is 0 Å². The molecule has 0 aliphatic heterocycles. The molecule has 60 valence electrons. The largest absolute Gasteiger partial charge is 0.316 e. The van der Waals surface area contributed by atoms with Crippen LogP contribution < -0.4 is 5.32 Å². The number of likely N-dealkylation sites (N-methyl/N-ethyl adjacent to an activating group) is 1. The lowest BCUT2D eigenvalue weighted by atomic mass is 10.2. The molecule has 0 saturated heterocycles. The zero-order valence-electron chi connectivity index (χ0n) is 6.36. The Hall–Kier alpha value is -0.310. The number of halogens is 1. The fourth-order valence-electron chi connectivity index (χ4n) is 0.805. The minimum atomic E-state index is 0.816. The maximum absolute atomic E-state index is 5.76.